The summed E-state index contributed by atoms with van der Waals surface area (Å²) in [5, 5.41) is 0.579. The molecule has 0 aliphatic carbocycles. The maximum absolute atomic E-state index is 13.2. The summed E-state index contributed by atoms with van der Waals surface area (Å²) >= 11 is 0. The van der Waals surface area contributed by atoms with Gasteiger partial charge in [0, 0.05) is 37.7 Å². The summed E-state index contributed by atoms with van der Waals surface area (Å²) in [7, 11) is 1.69. The van der Waals surface area contributed by atoms with Crippen molar-refractivity contribution in [2.24, 2.45) is 17.8 Å². The first-order chi connectivity index (χ1) is 15.9. The van der Waals surface area contributed by atoms with Crippen LogP contribution >= 0.6 is 0 Å². The first-order valence-electron chi connectivity index (χ1n) is 11.3. The number of nitrogens with two attached hydrogens (primary N) is 1. The Labute approximate surface area is 193 Å². The average Bonchev–Trinajstić information content (AvgIpc) is 2.98. The molecule has 2 N–H and O–H groups in total. The Morgan fingerprint density at radius 3 is 2.52 bits per heavy atom. The normalized spacial score (nSPS) is 13.2. The molecule has 3 aromatic rings. The van der Waals surface area contributed by atoms with Crippen molar-refractivity contribution in [2.45, 2.75) is 33.1 Å². The van der Waals surface area contributed by atoms with Gasteiger partial charge in [-0.2, -0.15) is 0 Å². The van der Waals surface area contributed by atoms with Gasteiger partial charge in [0.25, 0.3) is 5.56 Å². The maximum atomic E-state index is 13.2. The molecule has 33 heavy (non-hydrogen) atoms. The highest BCUT2D eigenvalue weighted by molar-refractivity contribution is 6.05. The average molecular weight is 444 g/mol. The van der Waals surface area contributed by atoms with E-state index < -0.39 is 0 Å². The molecule has 7 nitrogen and oxygen atoms in total. The minimum absolute atomic E-state index is 0.0240. The van der Waals surface area contributed by atoms with Crippen molar-refractivity contribution in [1.29, 1.82) is 0 Å². The summed E-state index contributed by atoms with van der Waals surface area (Å²) in [5.74, 6) is 0.443. The van der Waals surface area contributed by atoms with Gasteiger partial charge in [-0.15, -0.1) is 0 Å². The molecule has 1 aliphatic heterocycles. The predicted octanol–water partition coefficient (Wildman–Crippen LogP) is 4.02. The van der Waals surface area contributed by atoms with Crippen LogP contribution in [0, 0.1) is 0 Å². The van der Waals surface area contributed by atoms with E-state index in [4.69, 9.17) is 5.73 Å². The molecule has 0 radical (unpaired) electrons. The van der Waals surface area contributed by atoms with Crippen molar-refractivity contribution in [3.8, 4) is 11.1 Å². The Kier molecular flexibility index (Phi) is 6.40. The Bertz CT molecular complexity index is 1330. The highest BCUT2D eigenvalue weighted by atomic mass is 16.2. The molecular weight excluding hydrogens is 414 g/mol. The highest BCUT2D eigenvalue weighted by Crippen LogP contribution is 2.32. The van der Waals surface area contributed by atoms with Crippen molar-refractivity contribution >= 4 is 34.4 Å². The number of amides is 1. The van der Waals surface area contributed by atoms with Gasteiger partial charge in [-0.25, -0.2) is 9.98 Å². The van der Waals surface area contributed by atoms with Gasteiger partial charge in [-0.3, -0.25) is 9.59 Å². The van der Waals surface area contributed by atoms with E-state index in [1.807, 2.05) is 41.3 Å². The number of carbonyl (C=O) groups excluding carboxylic acids is 1. The van der Waals surface area contributed by atoms with E-state index in [1.165, 1.54) is 10.9 Å². The van der Waals surface area contributed by atoms with Crippen LogP contribution in [-0.4, -0.2) is 39.3 Å². The van der Waals surface area contributed by atoms with Crippen molar-refractivity contribution in [3.05, 3.63) is 64.2 Å². The lowest BCUT2D eigenvalue weighted by Crippen LogP contribution is -2.34. The quantitative estimate of drug-likeness (QED) is 0.622. The lowest BCUT2D eigenvalue weighted by molar-refractivity contribution is -0.127. The molecule has 170 valence electrons. The molecule has 4 rings (SSSR count). The molecular formula is C26H29N5O2. The maximum Gasteiger partial charge on any atom is 0.260 e. The molecule has 0 saturated heterocycles. The summed E-state index contributed by atoms with van der Waals surface area (Å²) in [5.41, 5.74) is 10.9. The van der Waals surface area contributed by atoms with E-state index in [2.05, 4.69) is 23.8 Å². The number of aromatic nitrogens is 2. The molecule has 1 amide bonds. The number of hydrogen-bond acceptors (Lipinski definition) is 5. The van der Waals surface area contributed by atoms with Gasteiger partial charge in [0.2, 0.25) is 5.91 Å². The smallest absolute Gasteiger partial charge is 0.260 e. The van der Waals surface area contributed by atoms with Crippen LogP contribution < -0.4 is 11.3 Å². The third kappa shape index (κ3) is 4.58. The van der Waals surface area contributed by atoms with E-state index in [0.717, 1.165) is 48.3 Å². The second-order valence-electron chi connectivity index (χ2n) is 8.41. The van der Waals surface area contributed by atoms with Crippen molar-refractivity contribution in [1.82, 2.24) is 14.5 Å². The molecule has 1 aromatic heterocycles. The van der Waals surface area contributed by atoms with Crippen LogP contribution in [0.3, 0.4) is 0 Å². The molecule has 0 fully saturated rings. The summed E-state index contributed by atoms with van der Waals surface area (Å²) in [6, 6.07) is 11.5. The van der Waals surface area contributed by atoms with Crippen LogP contribution in [0.25, 0.3) is 28.1 Å². The number of aliphatic imine (C=N–C) groups is 1. The van der Waals surface area contributed by atoms with Crippen molar-refractivity contribution < 1.29 is 4.79 Å². The largest absolute Gasteiger partial charge is 0.387 e. The van der Waals surface area contributed by atoms with E-state index in [1.54, 1.807) is 13.1 Å². The molecule has 1 aliphatic rings. The third-order valence-corrected chi connectivity index (χ3v) is 5.80. The fourth-order valence-corrected chi connectivity index (χ4v) is 4.16. The van der Waals surface area contributed by atoms with Gasteiger partial charge in [0.05, 0.1) is 22.9 Å². The Morgan fingerprint density at radius 1 is 1.09 bits per heavy atom. The summed E-state index contributed by atoms with van der Waals surface area (Å²) in [4.78, 5) is 36.4. The highest BCUT2D eigenvalue weighted by Gasteiger charge is 2.21. The Morgan fingerprint density at radius 2 is 1.79 bits per heavy atom. The number of amidine groups is 1. The Hall–Kier alpha value is -3.74. The van der Waals surface area contributed by atoms with Crippen molar-refractivity contribution in [2.75, 3.05) is 13.1 Å². The SMILES string of the molecule is CCCN(CCC)C(=O)C1=Cc2ccc(-c3ccc4c(=O)n(C)cnc4c3)cc2N=C(N)C1. The number of fused-ring (bicyclic) bond motifs is 2. The summed E-state index contributed by atoms with van der Waals surface area (Å²) in [6.45, 7) is 5.60. The second-order valence-corrected chi connectivity index (χ2v) is 8.41. The van der Waals surface area contributed by atoms with E-state index in [9.17, 15) is 9.59 Å². The van der Waals surface area contributed by atoms with Crippen LogP contribution in [0.1, 0.15) is 38.7 Å². The lowest BCUT2D eigenvalue weighted by Gasteiger charge is -2.22. The lowest BCUT2D eigenvalue weighted by atomic mass is 10.00. The topological polar surface area (TPSA) is 93.6 Å². The van der Waals surface area contributed by atoms with Crippen LogP contribution in [0.4, 0.5) is 5.69 Å². The number of carbonyl (C=O) groups is 1. The zero-order chi connectivity index (χ0) is 23.5. The Balaban J connectivity index is 1.72. The second kappa shape index (κ2) is 9.40. The van der Waals surface area contributed by atoms with Crippen LogP contribution in [0.2, 0.25) is 0 Å². The van der Waals surface area contributed by atoms with Crippen LogP contribution in [0.5, 0.6) is 0 Å². The number of nitrogens with zero attached hydrogens (tertiary/aromatic N) is 4. The minimum atomic E-state index is -0.0756. The third-order valence-electron chi connectivity index (χ3n) is 5.80. The molecule has 0 unspecified atom stereocenters. The van der Waals surface area contributed by atoms with Gasteiger partial charge < -0.3 is 15.2 Å². The van der Waals surface area contributed by atoms with Crippen LogP contribution in [-0.2, 0) is 11.8 Å². The van der Waals surface area contributed by atoms with Gasteiger partial charge in [-0.05, 0) is 48.2 Å². The fourth-order valence-electron chi connectivity index (χ4n) is 4.16. The van der Waals surface area contributed by atoms with E-state index in [0.29, 0.717) is 28.7 Å². The zero-order valence-corrected chi connectivity index (χ0v) is 19.3. The molecule has 7 heteroatoms. The molecule has 2 heterocycles. The summed E-state index contributed by atoms with van der Waals surface area (Å²) in [6.07, 6.45) is 5.59. The minimum Gasteiger partial charge on any atom is -0.387 e. The molecule has 0 saturated carbocycles. The van der Waals surface area contributed by atoms with Gasteiger partial charge in [0.15, 0.2) is 0 Å². The van der Waals surface area contributed by atoms with E-state index in [-0.39, 0.29) is 11.5 Å². The molecule has 0 spiro atoms. The first-order valence-corrected chi connectivity index (χ1v) is 11.3. The van der Waals surface area contributed by atoms with Crippen LogP contribution in [0.15, 0.2) is 58.1 Å². The standard InChI is InChI=1S/C26H29N5O2/c1-4-10-31(11-5-2)25(32)20-12-19-7-6-17(13-22(19)29-24(27)15-20)18-8-9-21-23(14-18)28-16-30(3)26(21)33/h6-9,12-14,16H,4-5,10-11,15H2,1-3H3,(H2,27,29). The number of benzene rings is 2. The molecule has 0 atom stereocenters. The molecule has 0 bridgehead atoms. The number of aryl methyl sites for hydroxylation is 1. The van der Waals surface area contributed by atoms with Gasteiger partial charge >= 0.3 is 0 Å². The van der Waals surface area contributed by atoms with Gasteiger partial charge in [0.1, 0.15) is 5.84 Å². The first kappa shape index (κ1) is 22.5. The summed E-state index contributed by atoms with van der Waals surface area (Å²) < 4.78 is 1.47. The van der Waals surface area contributed by atoms with Gasteiger partial charge in [-0.1, -0.05) is 32.0 Å². The zero-order valence-electron chi connectivity index (χ0n) is 19.3. The number of hydrogen-bond donors (Lipinski definition) is 1. The number of rotatable bonds is 6. The van der Waals surface area contributed by atoms with Crippen molar-refractivity contribution in [3.63, 3.8) is 0 Å². The molecule has 2 aromatic carbocycles. The monoisotopic (exact) mass is 443 g/mol. The predicted molar refractivity (Wildman–Crippen MR) is 133 cm³/mol. The van der Waals surface area contributed by atoms with E-state index >= 15 is 0 Å². The fraction of sp³-hybridized carbons (Fsp3) is 0.308.